The zero-order chi connectivity index (χ0) is 15.4. The van der Waals surface area contributed by atoms with Gasteiger partial charge in [0.1, 0.15) is 6.04 Å². The van der Waals surface area contributed by atoms with Crippen molar-refractivity contribution in [3.05, 3.63) is 0 Å². The Morgan fingerprint density at radius 3 is 2.67 bits per heavy atom. The Bertz CT molecular complexity index is 443. The Morgan fingerprint density at radius 2 is 2.05 bits per heavy atom. The molecule has 5 nitrogen and oxygen atoms in total. The van der Waals surface area contributed by atoms with Crippen molar-refractivity contribution in [2.24, 2.45) is 17.8 Å². The molecule has 1 saturated carbocycles. The first-order valence-electron chi connectivity index (χ1n) is 7.87. The summed E-state index contributed by atoms with van der Waals surface area (Å²) in [6.07, 6.45) is 4.28. The van der Waals surface area contributed by atoms with Crippen LogP contribution in [0.15, 0.2) is 0 Å². The summed E-state index contributed by atoms with van der Waals surface area (Å²) in [4.78, 5) is 25.0. The Hall–Kier alpha value is -1.57. The number of amides is 1. The van der Waals surface area contributed by atoms with E-state index in [1.54, 1.807) is 4.90 Å². The summed E-state index contributed by atoms with van der Waals surface area (Å²) < 4.78 is 5.03. The van der Waals surface area contributed by atoms with Crippen LogP contribution in [0.2, 0.25) is 0 Å². The van der Waals surface area contributed by atoms with Crippen LogP contribution in [0.1, 0.15) is 46.0 Å². The van der Waals surface area contributed by atoms with Crippen LogP contribution in [0.4, 0.5) is 0 Å². The third kappa shape index (κ3) is 3.75. The minimum atomic E-state index is -0.301. The molecule has 1 amide bonds. The Kier molecular flexibility index (Phi) is 5.22. The third-order valence-electron chi connectivity index (χ3n) is 4.90. The molecule has 2 fully saturated rings. The highest BCUT2D eigenvalue weighted by atomic mass is 16.5. The predicted octanol–water partition coefficient (Wildman–Crippen LogP) is 2.12. The molecule has 0 spiro atoms. The summed E-state index contributed by atoms with van der Waals surface area (Å²) in [6.45, 7) is 4.49. The first-order chi connectivity index (χ1) is 10.0. The van der Waals surface area contributed by atoms with Gasteiger partial charge in [0.2, 0.25) is 5.91 Å². The minimum absolute atomic E-state index is 0.00588. The molecule has 116 valence electrons. The topological polar surface area (TPSA) is 70.4 Å². The van der Waals surface area contributed by atoms with E-state index in [1.807, 2.05) is 6.92 Å². The van der Waals surface area contributed by atoms with Crippen LogP contribution in [0.3, 0.4) is 0 Å². The lowest BCUT2D eigenvalue weighted by atomic mass is 9.68. The number of piperidine rings is 1. The normalized spacial score (nSPS) is 32.0. The van der Waals surface area contributed by atoms with Crippen molar-refractivity contribution in [2.45, 2.75) is 52.0 Å². The van der Waals surface area contributed by atoms with Gasteiger partial charge in [-0.1, -0.05) is 0 Å². The van der Waals surface area contributed by atoms with E-state index in [9.17, 15) is 14.9 Å². The van der Waals surface area contributed by atoms with Crippen molar-refractivity contribution in [1.29, 1.82) is 5.26 Å². The lowest BCUT2D eigenvalue weighted by Crippen LogP contribution is -2.50. The van der Waals surface area contributed by atoms with E-state index < -0.39 is 0 Å². The second-order valence-electron chi connectivity index (χ2n) is 6.26. The lowest BCUT2D eigenvalue weighted by Gasteiger charge is -2.45. The SMILES string of the molecule is CCOC(=O)CC1CCC2CN(C(C)=O)C(C#N)CC2C1. The highest BCUT2D eigenvalue weighted by Gasteiger charge is 2.40. The number of nitrogens with zero attached hydrogens (tertiary/aromatic N) is 2. The first kappa shape index (κ1) is 15.8. The highest BCUT2D eigenvalue weighted by molar-refractivity contribution is 5.74. The van der Waals surface area contributed by atoms with Crippen molar-refractivity contribution >= 4 is 11.9 Å². The van der Waals surface area contributed by atoms with Crippen LogP contribution < -0.4 is 0 Å². The van der Waals surface area contributed by atoms with Crippen LogP contribution in [0.25, 0.3) is 0 Å². The molecule has 1 aliphatic carbocycles. The largest absolute Gasteiger partial charge is 0.466 e. The summed E-state index contributed by atoms with van der Waals surface area (Å²) in [7, 11) is 0. The van der Waals surface area contributed by atoms with Gasteiger partial charge < -0.3 is 9.64 Å². The molecule has 5 heteroatoms. The van der Waals surface area contributed by atoms with E-state index in [4.69, 9.17) is 4.74 Å². The molecule has 0 aromatic rings. The second-order valence-corrected chi connectivity index (χ2v) is 6.26. The van der Waals surface area contributed by atoms with Gasteiger partial charge in [-0.3, -0.25) is 9.59 Å². The third-order valence-corrected chi connectivity index (χ3v) is 4.90. The molecule has 1 heterocycles. The number of fused-ring (bicyclic) bond motifs is 1. The molecular formula is C16H24N2O3. The standard InChI is InChI=1S/C16H24N2O3/c1-3-21-16(20)7-12-4-5-13-10-18(11(2)19)15(9-17)8-14(13)6-12/h12-15H,3-8,10H2,1-2H3. The fraction of sp³-hybridized carbons (Fsp3) is 0.812. The zero-order valence-corrected chi connectivity index (χ0v) is 12.9. The molecule has 1 aliphatic heterocycles. The minimum Gasteiger partial charge on any atom is -0.466 e. The predicted molar refractivity (Wildman–Crippen MR) is 77.0 cm³/mol. The van der Waals surface area contributed by atoms with Gasteiger partial charge in [0.15, 0.2) is 0 Å². The van der Waals surface area contributed by atoms with Gasteiger partial charge in [0.05, 0.1) is 12.7 Å². The molecule has 4 unspecified atom stereocenters. The number of likely N-dealkylation sites (tertiary alicyclic amines) is 1. The average molecular weight is 292 g/mol. The van der Waals surface area contributed by atoms with Gasteiger partial charge >= 0.3 is 5.97 Å². The molecule has 0 aromatic heterocycles. The molecular weight excluding hydrogens is 268 g/mol. The van der Waals surface area contributed by atoms with E-state index in [1.165, 1.54) is 6.92 Å². The summed E-state index contributed by atoms with van der Waals surface area (Å²) in [6, 6.07) is 1.96. The fourth-order valence-corrected chi connectivity index (χ4v) is 3.86. The van der Waals surface area contributed by atoms with Crippen molar-refractivity contribution in [1.82, 2.24) is 4.90 Å². The number of rotatable bonds is 3. The average Bonchev–Trinajstić information content (AvgIpc) is 2.45. The van der Waals surface area contributed by atoms with Crippen LogP contribution in [-0.4, -0.2) is 36.0 Å². The number of carbonyl (C=O) groups is 2. The van der Waals surface area contributed by atoms with E-state index in [0.29, 0.717) is 37.3 Å². The molecule has 4 atom stereocenters. The Labute approximate surface area is 126 Å². The fourth-order valence-electron chi connectivity index (χ4n) is 3.86. The number of hydrogen-bond donors (Lipinski definition) is 0. The van der Waals surface area contributed by atoms with E-state index in [0.717, 1.165) is 25.7 Å². The number of carbonyl (C=O) groups excluding carboxylic acids is 2. The van der Waals surface area contributed by atoms with Gasteiger partial charge in [-0.25, -0.2) is 0 Å². The van der Waals surface area contributed by atoms with Crippen molar-refractivity contribution in [2.75, 3.05) is 13.2 Å². The summed E-state index contributed by atoms with van der Waals surface area (Å²) >= 11 is 0. The first-order valence-corrected chi connectivity index (χ1v) is 7.87. The van der Waals surface area contributed by atoms with E-state index >= 15 is 0 Å². The molecule has 2 rings (SSSR count). The Balaban J connectivity index is 1.94. The summed E-state index contributed by atoms with van der Waals surface area (Å²) in [5.74, 6) is 1.19. The molecule has 21 heavy (non-hydrogen) atoms. The van der Waals surface area contributed by atoms with Gasteiger partial charge in [-0.2, -0.15) is 5.26 Å². The lowest BCUT2D eigenvalue weighted by molar-refractivity contribution is -0.144. The second kappa shape index (κ2) is 6.93. The zero-order valence-electron chi connectivity index (χ0n) is 12.9. The number of ether oxygens (including phenoxy) is 1. The maximum Gasteiger partial charge on any atom is 0.306 e. The van der Waals surface area contributed by atoms with E-state index in [-0.39, 0.29) is 17.9 Å². The highest BCUT2D eigenvalue weighted by Crippen LogP contribution is 2.42. The summed E-state index contributed by atoms with van der Waals surface area (Å²) in [5, 5.41) is 9.26. The molecule has 1 saturated heterocycles. The molecule has 0 aromatic carbocycles. The van der Waals surface area contributed by atoms with Crippen molar-refractivity contribution in [3.8, 4) is 6.07 Å². The number of hydrogen-bond acceptors (Lipinski definition) is 4. The molecule has 0 N–H and O–H groups in total. The maximum absolute atomic E-state index is 11.6. The monoisotopic (exact) mass is 292 g/mol. The molecule has 0 bridgehead atoms. The van der Waals surface area contributed by atoms with E-state index in [2.05, 4.69) is 6.07 Å². The van der Waals surface area contributed by atoms with Crippen LogP contribution in [-0.2, 0) is 14.3 Å². The molecule has 2 aliphatic rings. The number of nitriles is 1. The Morgan fingerprint density at radius 1 is 1.29 bits per heavy atom. The smallest absolute Gasteiger partial charge is 0.306 e. The van der Waals surface area contributed by atoms with Crippen molar-refractivity contribution < 1.29 is 14.3 Å². The quantitative estimate of drug-likeness (QED) is 0.747. The van der Waals surface area contributed by atoms with Gasteiger partial charge in [-0.05, 0) is 50.4 Å². The van der Waals surface area contributed by atoms with Crippen LogP contribution >= 0.6 is 0 Å². The van der Waals surface area contributed by atoms with Gasteiger partial charge in [0, 0.05) is 19.9 Å². The summed E-state index contributed by atoms with van der Waals surface area (Å²) in [5.41, 5.74) is 0. The van der Waals surface area contributed by atoms with Crippen LogP contribution in [0, 0.1) is 29.1 Å². The number of esters is 1. The maximum atomic E-state index is 11.6. The van der Waals surface area contributed by atoms with Crippen molar-refractivity contribution in [3.63, 3.8) is 0 Å². The van der Waals surface area contributed by atoms with Crippen LogP contribution in [0.5, 0.6) is 0 Å². The molecule has 0 radical (unpaired) electrons. The van der Waals surface area contributed by atoms with Gasteiger partial charge in [-0.15, -0.1) is 0 Å². The van der Waals surface area contributed by atoms with Gasteiger partial charge in [0.25, 0.3) is 0 Å².